The zero-order valence-electron chi connectivity index (χ0n) is 10.5. The Labute approximate surface area is 112 Å². The van der Waals surface area contributed by atoms with Gasteiger partial charge in [0.25, 0.3) is 0 Å². The van der Waals surface area contributed by atoms with Crippen LogP contribution in [0.1, 0.15) is 18.6 Å². The van der Waals surface area contributed by atoms with Gasteiger partial charge in [-0.25, -0.2) is 13.6 Å². The minimum atomic E-state index is -3.66. The van der Waals surface area contributed by atoms with E-state index in [1.165, 1.54) is 12.1 Å². The van der Waals surface area contributed by atoms with Crippen LogP contribution in [0.25, 0.3) is 0 Å². The van der Waals surface area contributed by atoms with Crippen LogP contribution >= 0.6 is 0 Å². The van der Waals surface area contributed by atoms with E-state index in [4.69, 9.17) is 9.88 Å². The first-order chi connectivity index (χ1) is 8.97. The molecule has 2 aromatic carbocycles. The van der Waals surface area contributed by atoms with Crippen molar-refractivity contribution in [1.82, 2.24) is 0 Å². The molecule has 2 N–H and O–H groups in total. The summed E-state index contributed by atoms with van der Waals surface area (Å²) in [4.78, 5) is 0.0761. The molecular formula is C14H15NO3S. The van der Waals surface area contributed by atoms with E-state index in [1.807, 2.05) is 37.3 Å². The Balaban J connectivity index is 2.12. The van der Waals surface area contributed by atoms with Gasteiger partial charge in [-0.05, 0) is 36.8 Å². The fourth-order valence-corrected chi connectivity index (χ4v) is 2.22. The quantitative estimate of drug-likeness (QED) is 0.933. The van der Waals surface area contributed by atoms with E-state index in [1.54, 1.807) is 12.1 Å². The molecule has 2 rings (SSSR count). The van der Waals surface area contributed by atoms with Gasteiger partial charge in [-0.15, -0.1) is 0 Å². The lowest BCUT2D eigenvalue weighted by Gasteiger charge is -2.15. The molecule has 0 aliphatic rings. The summed E-state index contributed by atoms with van der Waals surface area (Å²) >= 11 is 0. The molecule has 0 saturated carbocycles. The molecular weight excluding hydrogens is 262 g/mol. The maximum atomic E-state index is 11.1. The van der Waals surface area contributed by atoms with Gasteiger partial charge in [0.15, 0.2) is 0 Å². The van der Waals surface area contributed by atoms with Crippen molar-refractivity contribution >= 4 is 10.0 Å². The molecule has 100 valence electrons. The number of nitrogens with two attached hydrogens (primary N) is 1. The fourth-order valence-electron chi connectivity index (χ4n) is 1.70. The van der Waals surface area contributed by atoms with Gasteiger partial charge in [0.1, 0.15) is 11.9 Å². The highest BCUT2D eigenvalue weighted by atomic mass is 32.2. The third-order valence-corrected chi connectivity index (χ3v) is 3.66. The standard InChI is InChI=1S/C14H15NO3S/c1-11(12-5-3-2-4-6-12)18-13-7-9-14(10-8-13)19(15,16)17/h2-11H,1H3,(H2,15,16,17). The van der Waals surface area contributed by atoms with E-state index >= 15 is 0 Å². The molecule has 1 unspecified atom stereocenters. The summed E-state index contributed by atoms with van der Waals surface area (Å²) in [6.45, 7) is 1.93. The molecule has 0 spiro atoms. The van der Waals surface area contributed by atoms with Crippen LogP contribution in [0.2, 0.25) is 0 Å². The van der Waals surface area contributed by atoms with Gasteiger partial charge in [-0.1, -0.05) is 30.3 Å². The Kier molecular flexibility index (Phi) is 3.87. The molecule has 19 heavy (non-hydrogen) atoms. The van der Waals surface area contributed by atoms with E-state index in [9.17, 15) is 8.42 Å². The van der Waals surface area contributed by atoms with Crippen LogP contribution in [0.15, 0.2) is 59.5 Å². The third kappa shape index (κ3) is 3.56. The lowest BCUT2D eigenvalue weighted by Crippen LogP contribution is -2.12. The van der Waals surface area contributed by atoms with Gasteiger partial charge in [0, 0.05) is 0 Å². The third-order valence-electron chi connectivity index (χ3n) is 2.73. The number of sulfonamides is 1. The molecule has 4 nitrogen and oxygen atoms in total. The Morgan fingerprint density at radius 2 is 1.58 bits per heavy atom. The molecule has 1 atom stereocenters. The SMILES string of the molecule is CC(Oc1ccc(S(N)(=O)=O)cc1)c1ccccc1. The first-order valence-electron chi connectivity index (χ1n) is 5.81. The molecule has 0 radical (unpaired) electrons. The average Bonchev–Trinajstić information content (AvgIpc) is 2.39. The van der Waals surface area contributed by atoms with Crippen LogP contribution in [0.4, 0.5) is 0 Å². The van der Waals surface area contributed by atoms with Crippen LogP contribution in [-0.2, 0) is 10.0 Å². The van der Waals surface area contributed by atoms with E-state index in [2.05, 4.69) is 0 Å². The predicted molar refractivity (Wildman–Crippen MR) is 73.3 cm³/mol. The van der Waals surface area contributed by atoms with Crippen molar-refractivity contribution in [3.63, 3.8) is 0 Å². The molecule has 0 bridgehead atoms. The highest BCUT2D eigenvalue weighted by Crippen LogP contribution is 2.22. The first-order valence-corrected chi connectivity index (χ1v) is 7.36. The van der Waals surface area contributed by atoms with Gasteiger partial charge in [-0.2, -0.15) is 0 Å². The summed E-state index contributed by atoms with van der Waals surface area (Å²) in [5, 5.41) is 5.03. The lowest BCUT2D eigenvalue weighted by molar-refractivity contribution is 0.227. The summed E-state index contributed by atoms with van der Waals surface area (Å²) in [6, 6.07) is 15.8. The highest BCUT2D eigenvalue weighted by Gasteiger charge is 2.09. The summed E-state index contributed by atoms with van der Waals surface area (Å²) in [5.74, 6) is 0.601. The normalized spacial score (nSPS) is 12.9. The molecule has 0 heterocycles. The smallest absolute Gasteiger partial charge is 0.238 e. The molecule has 0 saturated heterocycles. The average molecular weight is 277 g/mol. The number of hydrogen-bond acceptors (Lipinski definition) is 3. The van der Waals surface area contributed by atoms with Crippen molar-refractivity contribution < 1.29 is 13.2 Å². The van der Waals surface area contributed by atoms with Gasteiger partial charge in [-0.3, -0.25) is 0 Å². The van der Waals surface area contributed by atoms with Gasteiger partial charge in [0.2, 0.25) is 10.0 Å². The molecule has 0 aliphatic heterocycles. The van der Waals surface area contributed by atoms with Crippen LogP contribution in [0.3, 0.4) is 0 Å². The number of primary sulfonamides is 1. The van der Waals surface area contributed by atoms with Crippen molar-refractivity contribution in [2.24, 2.45) is 5.14 Å². The Morgan fingerprint density at radius 3 is 2.11 bits per heavy atom. The minimum absolute atomic E-state index is 0.0761. The zero-order chi connectivity index (χ0) is 13.9. The number of ether oxygens (including phenoxy) is 1. The van der Waals surface area contributed by atoms with Crippen LogP contribution in [0, 0.1) is 0 Å². The minimum Gasteiger partial charge on any atom is -0.486 e. The second kappa shape index (κ2) is 5.42. The predicted octanol–water partition coefficient (Wildman–Crippen LogP) is 2.47. The molecule has 0 aliphatic carbocycles. The van der Waals surface area contributed by atoms with Crippen molar-refractivity contribution in [3.05, 3.63) is 60.2 Å². The van der Waals surface area contributed by atoms with Crippen LogP contribution in [-0.4, -0.2) is 8.42 Å². The summed E-state index contributed by atoms with van der Waals surface area (Å²) < 4.78 is 28.0. The van der Waals surface area contributed by atoms with Gasteiger partial charge < -0.3 is 4.74 Å². The van der Waals surface area contributed by atoms with Crippen molar-refractivity contribution in [2.75, 3.05) is 0 Å². The number of hydrogen-bond donors (Lipinski definition) is 1. The molecule has 2 aromatic rings. The maximum Gasteiger partial charge on any atom is 0.238 e. The van der Waals surface area contributed by atoms with E-state index in [-0.39, 0.29) is 11.0 Å². The highest BCUT2D eigenvalue weighted by molar-refractivity contribution is 7.89. The fraction of sp³-hybridized carbons (Fsp3) is 0.143. The molecule has 0 fully saturated rings. The van der Waals surface area contributed by atoms with Crippen molar-refractivity contribution in [1.29, 1.82) is 0 Å². The number of benzene rings is 2. The zero-order valence-corrected chi connectivity index (χ0v) is 11.3. The summed E-state index contributed by atoms with van der Waals surface area (Å²) in [6.07, 6.45) is -0.110. The topological polar surface area (TPSA) is 69.4 Å². The Morgan fingerprint density at radius 1 is 1.00 bits per heavy atom. The van der Waals surface area contributed by atoms with Gasteiger partial charge in [0.05, 0.1) is 4.90 Å². The molecule has 0 aromatic heterocycles. The van der Waals surface area contributed by atoms with Crippen LogP contribution in [0.5, 0.6) is 5.75 Å². The molecule has 0 amide bonds. The van der Waals surface area contributed by atoms with E-state index < -0.39 is 10.0 Å². The second-order valence-corrected chi connectivity index (χ2v) is 5.75. The Hall–Kier alpha value is -1.85. The first kappa shape index (κ1) is 13.6. The largest absolute Gasteiger partial charge is 0.486 e. The monoisotopic (exact) mass is 277 g/mol. The van der Waals surface area contributed by atoms with Gasteiger partial charge >= 0.3 is 0 Å². The Bertz CT molecular complexity index is 636. The summed E-state index contributed by atoms with van der Waals surface area (Å²) in [5.41, 5.74) is 1.05. The van der Waals surface area contributed by atoms with Crippen molar-refractivity contribution in [2.45, 2.75) is 17.9 Å². The lowest BCUT2D eigenvalue weighted by atomic mass is 10.1. The van der Waals surface area contributed by atoms with Crippen LogP contribution < -0.4 is 9.88 Å². The van der Waals surface area contributed by atoms with E-state index in [0.29, 0.717) is 5.75 Å². The van der Waals surface area contributed by atoms with E-state index in [0.717, 1.165) is 5.56 Å². The second-order valence-electron chi connectivity index (χ2n) is 4.19. The number of rotatable bonds is 4. The van der Waals surface area contributed by atoms with Crippen molar-refractivity contribution in [3.8, 4) is 5.75 Å². The summed E-state index contributed by atoms with van der Waals surface area (Å²) in [7, 11) is -3.66. The molecule has 5 heteroatoms. The maximum absolute atomic E-state index is 11.1.